The molecule has 3 rings (SSSR count). The SMILES string of the molecule is O=C(O)C1CCc2c1cnn2-c1ccccc1. The van der Waals surface area contributed by atoms with Crippen LogP contribution < -0.4 is 0 Å². The van der Waals surface area contributed by atoms with Crippen molar-refractivity contribution in [1.82, 2.24) is 9.78 Å². The molecule has 1 aromatic heterocycles. The Morgan fingerprint density at radius 3 is 2.82 bits per heavy atom. The van der Waals surface area contributed by atoms with Crippen molar-refractivity contribution in [2.45, 2.75) is 18.8 Å². The van der Waals surface area contributed by atoms with E-state index in [9.17, 15) is 4.79 Å². The van der Waals surface area contributed by atoms with E-state index in [4.69, 9.17) is 5.11 Å². The number of carboxylic acid groups (broad SMARTS) is 1. The quantitative estimate of drug-likeness (QED) is 0.855. The highest BCUT2D eigenvalue weighted by Gasteiger charge is 2.31. The Hall–Kier alpha value is -2.10. The van der Waals surface area contributed by atoms with Crippen LogP contribution in [-0.2, 0) is 11.2 Å². The molecular formula is C13H12N2O2. The zero-order valence-corrected chi connectivity index (χ0v) is 9.21. The smallest absolute Gasteiger partial charge is 0.311 e. The molecule has 1 aliphatic carbocycles. The van der Waals surface area contributed by atoms with Gasteiger partial charge in [-0.3, -0.25) is 4.79 Å². The summed E-state index contributed by atoms with van der Waals surface area (Å²) in [6.45, 7) is 0. The molecule has 1 N–H and O–H groups in total. The average Bonchev–Trinajstić information content (AvgIpc) is 2.89. The molecule has 1 heterocycles. The molecule has 4 nitrogen and oxygen atoms in total. The number of rotatable bonds is 2. The van der Waals surface area contributed by atoms with Crippen molar-refractivity contribution in [2.75, 3.05) is 0 Å². The lowest BCUT2D eigenvalue weighted by molar-refractivity contribution is -0.138. The molecule has 0 saturated carbocycles. The molecule has 1 atom stereocenters. The van der Waals surface area contributed by atoms with Crippen molar-refractivity contribution in [3.8, 4) is 5.69 Å². The summed E-state index contributed by atoms with van der Waals surface area (Å²) in [5.41, 5.74) is 2.88. The standard InChI is InChI=1S/C13H12N2O2/c16-13(17)10-6-7-12-11(10)8-14-15(12)9-4-2-1-3-5-9/h1-5,8,10H,6-7H2,(H,16,17). The van der Waals surface area contributed by atoms with Crippen LogP contribution in [0.15, 0.2) is 36.5 Å². The number of hydrogen-bond donors (Lipinski definition) is 1. The monoisotopic (exact) mass is 228 g/mol. The molecule has 0 saturated heterocycles. The lowest BCUT2D eigenvalue weighted by atomic mass is 10.1. The van der Waals surface area contributed by atoms with Crippen molar-refractivity contribution >= 4 is 5.97 Å². The Labute approximate surface area is 98.5 Å². The minimum Gasteiger partial charge on any atom is -0.481 e. The summed E-state index contributed by atoms with van der Waals surface area (Å²) < 4.78 is 1.85. The second-order valence-electron chi connectivity index (χ2n) is 4.22. The van der Waals surface area contributed by atoms with Crippen molar-refractivity contribution in [1.29, 1.82) is 0 Å². The highest BCUT2D eigenvalue weighted by Crippen LogP contribution is 2.34. The molecule has 0 fully saturated rings. The first-order chi connectivity index (χ1) is 8.27. The molecule has 1 aromatic carbocycles. The van der Waals surface area contributed by atoms with Crippen LogP contribution >= 0.6 is 0 Å². The topological polar surface area (TPSA) is 55.1 Å². The Balaban J connectivity index is 2.06. The fourth-order valence-electron chi connectivity index (χ4n) is 2.41. The van der Waals surface area contributed by atoms with Crippen LogP contribution in [0.2, 0.25) is 0 Å². The zero-order valence-electron chi connectivity index (χ0n) is 9.21. The minimum absolute atomic E-state index is 0.387. The van der Waals surface area contributed by atoms with Gasteiger partial charge in [-0.2, -0.15) is 5.10 Å². The third-order valence-corrected chi connectivity index (χ3v) is 3.25. The van der Waals surface area contributed by atoms with Crippen LogP contribution in [0.5, 0.6) is 0 Å². The number of nitrogens with zero attached hydrogens (tertiary/aromatic N) is 2. The molecule has 0 aliphatic heterocycles. The molecule has 4 heteroatoms. The largest absolute Gasteiger partial charge is 0.481 e. The summed E-state index contributed by atoms with van der Waals surface area (Å²) in [6, 6.07) is 9.80. The fraction of sp³-hybridized carbons (Fsp3) is 0.231. The third-order valence-electron chi connectivity index (χ3n) is 3.25. The van der Waals surface area contributed by atoms with Gasteiger partial charge in [-0.1, -0.05) is 18.2 Å². The van der Waals surface area contributed by atoms with Gasteiger partial charge in [0.25, 0.3) is 0 Å². The number of carbonyl (C=O) groups is 1. The highest BCUT2D eigenvalue weighted by molar-refractivity contribution is 5.77. The van der Waals surface area contributed by atoms with Gasteiger partial charge in [-0.25, -0.2) is 4.68 Å². The number of benzene rings is 1. The van der Waals surface area contributed by atoms with E-state index in [1.165, 1.54) is 0 Å². The van der Waals surface area contributed by atoms with Gasteiger partial charge in [-0.05, 0) is 25.0 Å². The molecule has 0 bridgehead atoms. The maximum absolute atomic E-state index is 11.1. The van der Waals surface area contributed by atoms with E-state index >= 15 is 0 Å². The first kappa shape index (κ1) is 10.1. The van der Waals surface area contributed by atoms with Gasteiger partial charge in [0.2, 0.25) is 0 Å². The second-order valence-corrected chi connectivity index (χ2v) is 4.22. The van der Waals surface area contributed by atoms with E-state index in [0.717, 1.165) is 23.4 Å². The molecule has 0 radical (unpaired) electrons. The number of hydrogen-bond acceptors (Lipinski definition) is 2. The molecule has 17 heavy (non-hydrogen) atoms. The summed E-state index contributed by atoms with van der Waals surface area (Å²) in [5, 5.41) is 13.4. The maximum Gasteiger partial charge on any atom is 0.311 e. The lowest BCUT2D eigenvalue weighted by Crippen LogP contribution is -2.06. The molecule has 1 aliphatic rings. The first-order valence-electron chi connectivity index (χ1n) is 5.62. The van der Waals surface area contributed by atoms with Crippen molar-refractivity contribution in [3.63, 3.8) is 0 Å². The van der Waals surface area contributed by atoms with Gasteiger partial charge >= 0.3 is 5.97 Å². The van der Waals surface area contributed by atoms with Crippen molar-refractivity contribution in [2.24, 2.45) is 0 Å². The van der Waals surface area contributed by atoms with E-state index in [1.54, 1.807) is 6.20 Å². The minimum atomic E-state index is -0.753. The predicted octanol–water partition coefficient (Wildman–Crippen LogP) is 1.99. The van der Waals surface area contributed by atoms with Crippen LogP contribution in [-0.4, -0.2) is 20.9 Å². The average molecular weight is 228 g/mol. The molecule has 86 valence electrons. The molecule has 0 amide bonds. The lowest BCUT2D eigenvalue weighted by Gasteiger charge is -2.04. The maximum atomic E-state index is 11.1. The zero-order chi connectivity index (χ0) is 11.8. The van der Waals surface area contributed by atoms with Crippen LogP contribution in [0.3, 0.4) is 0 Å². The summed E-state index contributed by atoms with van der Waals surface area (Å²) in [7, 11) is 0. The van der Waals surface area contributed by atoms with Gasteiger partial charge in [0.1, 0.15) is 0 Å². The number of fused-ring (bicyclic) bond motifs is 1. The van der Waals surface area contributed by atoms with Gasteiger partial charge in [-0.15, -0.1) is 0 Å². The Kier molecular flexibility index (Phi) is 2.21. The van der Waals surface area contributed by atoms with Gasteiger partial charge in [0.15, 0.2) is 0 Å². The van der Waals surface area contributed by atoms with Gasteiger partial charge in [0, 0.05) is 11.3 Å². The number of aromatic nitrogens is 2. The van der Waals surface area contributed by atoms with Crippen molar-refractivity contribution < 1.29 is 9.90 Å². The number of aliphatic carboxylic acids is 1. The van der Waals surface area contributed by atoms with Gasteiger partial charge in [0.05, 0.1) is 17.8 Å². The summed E-state index contributed by atoms with van der Waals surface area (Å²) in [6.07, 6.45) is 3.14. The molecule has 0 spiro atoms. The molecular weight excluding hydrogens is 216 g/mol. The molecule has 1 unspecified atom stereocenters. The van der Waals surface area contributed by atoms with E-state index < -0.39 is 5.97 Å². The predicted molar refractivity (Wildman–Crippen MR) is 62.3 cm³/mol. The van der Waals surface area contributed by atoms with Crippen LogP contribution in [0.1, 0.15) is 23.6 Å². The normalized spacial score (nSPS) is 18.0. The van der Waals surface area contributed by atoms with Gasteiger partial charge < -0.3 is 5.11 Å². The van der Waals surface area contributed by atoms with E-state index in [2.05, 4.69) is 5.10 Å². The number of carboxylic acids is 1. The van der Waals surface area contributed by atoms with E-state index in [-0.39, 0.29) is 5.92 Å². The van der Waals surface area contributed by atoms with E-state index in [0.29, 0.717) is 6.42 Å². The number of para-hydroxylation sites is 1. The molecule has 2 aromatic rings. The Bertz CT molecular complexity index is 560. The second kappa shape index (κ2) is 3.73. The van der Waals surface area contributed by atoms with Crippen LogP contribution in [0, 0.1) is 0 Å². The fourth-order valence-corrected chi connectivity index (χ4v) is 2.41. The van der Waals surface area contributed by atoms with Crippen LogP contribution in [0.25, 0.3) is 5.69 Å². The van der Waals surface area contributed by atoms with E-state index in [1.807, 2.05) is 35.0 Å². The van der Waals surface area contributed by atoms with Crippen molar-refractivity contribution in [3.05, 3.63) is 47.8 Å². The highest BCUT2D eigenvalue weighted by atomic mass is 16.4. The summed E-state index contributed by atoms with van der Waals surface area (Å²) >= 11 is 0. The summed E-state index contributed by atoms with van der Waals surface area (Å²) in [5.74, 6) is -1.14. The Morgan fingerprint density at radius 1 is 1.35 bits per heavy atom. The first-order valence-corrected chi connectivity index (χ1v) is 5.62. The van der Waals surface area contributed by atoms with Crippen LogP contribution in [0.4, 0.5) is 0 Å². The Morgan fingerprint density at radius 2 is 2.12 bits per heavy atom. The third kappa shape index (κ3) is 1.53. The summed E-state index contributed by atoms with van der Waals surface area (Å²) in [4.78, 5) is 11.1.